The first-order chi connectivity index (χ1) is 5.38. The van der Waals surface area contributed by atoms with Gasteiger partial charge in [0, 0.05) is 19.3 Å². The maximum Gasteiger partial charge on any atom is 0.0550 e. The van der Waals surface area contributed by atoms with Gasteiger partial charge in [-0.2, -0.15) is 5.10 Å². The first-order valence-electron chi connectivity index (χ1n) is 4.09. The molecule has 0 bridgehead atoms. The second-order valence-corrected chi connectivity index (χ2v) is 3.03. The minimum atomic E-state index is 0. The molecule has 1 atom stereocenters. The smallest absolute Gasteiger partial charge is 0.0550 e. The standard InChI is InChI=1S/C8H13N3.ClH/c1-11-8(4-6-10-11)7-3-2-5-9-7;/h4,6-7,9H,2-3,5H2,1H3;1H. The van der Waals surface area contributed by atoms with Crippen LogP contribution in [-0.2, 0) is 7.05 Å². The van der Waals surface area contributed by atoms with Gasteiger partial charge < -0.3 is 5.32 Å². The van der Waals surface area contributed by atoms with Gasteiger partial charge in [0.1, 0.15) is 0 Å². The average molecular weight is 188 g/mol. The van der Waals surface area contributed by atoms with Crippen molar-refractivity contribution in [3.8, 4) is 0 Å². The third-order valence-corrected chi connectivity index (χ3v) is 2.28. The van der Waals surface area contributed by atoms with Gasteiger partial charge in [-0.05, 0) is 25.5 Å². The molecule has 0 aromatic carbocycles. The van der Waals surface area contributed by atoms with E-state index in [0.29, 0.717) is 6.04 Å². The summed E-state index contributed by atoms with van der Waals surface area (Å²) in [6.45, 7) is 1.15. The number of hydrogen-bond acceptors (Lipinski definition) is 2. The van der Waals surface area contributed by atoms with Crippen molar-refractivity contribution in [3.05, 3.63) is 18.0 Å². The van der Waals surface area contributed by atoms with Crippen LogP contribution < -0.4 is 5.32 Å². The number of hydrogen-bond donors (Lipinski definition) is 1. The van der Waals surface area contributed by atoms with Crippen molar-refractivity contribution in [1.82, 2.24) is 15.1 Å². The second-order valence-electron chi connectivity index (χ2n) is 3.03. The quantitative estimate of drug-likeness (QED) is 0.718. The highest BCUT2D eigenvalue weighted by atomic mass is 35.5. The molecule has 4 heteroatoms. The normalized spacial score (nSPS) is 22.2. The third kappa shape index (κ3) is 1.62. The van der Waals surface area contributed by atoms with Crippen LogP contribution in [0.3, 0.4) is 0 Å². The molecule has 68 valence electrons. The van der Waals surface area contributed by atoms with Gasteiger partial charge in [0.05, 0.1) is 5.69 Å². The maximum absolute atomic E-state index is 4.14. The zero-order valence-corrected chi connectivity index (χ0v) is 7.97. The predicted octanol–water partition coefficient (Wildman–Crippen LogP) is 1.27. The van der Waals surface area contributed by atoms with Crippen LogP contribution in [0.1, 0.15) is 24.6 Å². The van der Waals surface area contributed by atoms with Crippen molar-refractivity contribution in [2.24, 2.45) is 7.05 Å². The highest BCUT2D eigenvalue weighted by molar-refractivity contribution is 5.85. The Kier molecular flexibility index (Phi) is 3.12. The molecule has 1 aromatic heterocycles. The Morgan fingerprint density at radius 3 is 3.00 bits per heavy atom. The SMILES string of the molecule is Cl.Cn1nccc1C1CCCN1. The Balaban J connectivity index is 0.000000720. The number of nitrogens with one attached hydrogen (secondary N) is 1. The predicted molar refractivity (Wildman–Crippen MR) is 50.4 cm³/mol. The number of aromatic nitrogens is 2. The van der Waals surface area contributed by atoms with Crippen LogP contribution in [0.25, 0.3) is 0 Å². The molecule has 0 spiro atoms. The van der Waals surface area contributed by atoms with Crippen molar-refractivity contribution in [2.75, 3.05) is 6.54 Å². The Hall–Kier alpha value is -0.540. The molecule has 12 heavy (non-hydrogen) atoms. The van der Waals surface area contributed by atoms with Gasteiger partial charge in [0.15, 0.2) is 0 Å². The van der Waals surface area contributed by atoms with E-state index < -0.39 is 0 Å². The Morgan fingerprint density at radius 2 is 2.50 bits per heavy atom. The lowest BCUT2D eigenvalue weighted by atomic mass is 10.2. The van der Waals surface area contributed by atoms with Crippen molar-refractivity contribution in [2.45, 2.75) is 18.9 Å². The van der Waals surface area contributed by atoms with E-state index in [1.54, 1.807) is 0 Å². The van der Waals surface area contributed by atoms with E-state index in [4.69, 9.17) is 0 Å². The van der Waals surface area contributed by atoms with Crippen LogP contribution in [0.4, 0.5) is 0 Å². The fourth-order valence-corrected chi connectivity index (χ4v) is 1.66. The third-order valence-electron chi connectivity index (χ3n) is 2.28. The summed E-state index contributed by atoms with van der Waals surface area (Å²) in [6.07, 6.45) is 4.39. The Bertz CT molecular complexity index is 240. The Labute approximate surface area is 78.6 Å². The zero-order chi connectivity index (χ0) is 7.68. The fourth-order valence-electron chi connectivity index (χ4n) is 1.66. The summed E-state index contributed by atoms with van der Waals surface area (Å²) >= 11 is 0. The van der Waals surface area contributed by atoms with Crippen LogP contribution >= 0.6 is 12.4 Å². The van der Waals surface area contributed by atoms with Crippen molar-refractivity contribution in [3.63, 3.8) is 0 Å². The molecule has 1 aromatic rings. The van der Waals surface area contributed by atoms with Crippen molar-refractivity contribution < 1.29 is 0 Å². The molecule has 2 rings (SSSR count). The van der Waals surface area contributed by atoms with Crippen LogP contribution in [-0.4, -0.2) is 16.3 Å². The van der Waals surface area contributed by atoms with E-state index in [1.807, 2.05) is 17.9 Å². The van der Waals surface area contributed by atoms with E-state index in [0.717, 1.165) is 6.54 Å². The van der Waals surface area contributed by atoms with E-state index in [-0.39, 0.29) is 12.4 Å². The van der Waals surface area contributed by atoms with Gasteiger partial charge in [-0.1, -0.05) is 0 Å². The van der Waals surface area contributed by atoms with E-state index in [2.05, 4.69) is 16.5 Å². The second kappa shape index (κ2) is 3.92. The first-order valence-corrected chi connectivity index (χ1v) is 4.09. The number of aryl methyl sites for hydroxylation is 1. The van der Waals surface area contributed by atoms with E-state index in [9.17, 15) is 0 Å². The van der Waals surface area contributed by atoms with E-state index >= 15 is 0 Å². The molecule has 1 saturated heterocycles. The highest BCUT2D eigenvalue weighted by Gasteiger charge is 2.18. The molecule has 1 unspecified atom stereocenters. The largest absolute Gasteiger partial charge is 0.309 e. The van der Waals surface area contributed by atoms with Gasteiger partial charge in [0.25, 0.3) is 0 Å². The van der Waals surface area contributed by atoms with Crippen molar-refractivity contribution >= 4 is 12.4 Å². The molecule has 2 heterocycles. The van der Waals surface area contributed by atoms with Gasteiger partial charge in [-0.25, -0.2) is 0 Å². The molecule has 0 amide bonds. The lowest BCUT2D eigenvalue weighted by Crippen LogP contribution is -2.16. The van der Waals surface area contributed by atoms with Crippen LogP contribution in [0.2, 0.25) is 0 Å². The van der Waals surface area contributed by atoms with Crippen molar-refractivity contribution in [1.29, 1.82) is 0 Å². The molecular weight excluding hydrogens is 174 g/mol. The zero-order valence-electron chi connectivity index (χ0n) is 7.16. The number of nitrogens with zero attached hydrogens (tertiary/aromatic N) is 2. The minimum absolute atomic E-state index is 0. The molecule has 0 saturated carbocycles. The number of rotatable bonds is 1. The topological polar surface area (TPSA) is 29.9 Å². The number of halogens is 1. The fraction of sp³-hybridized carbons (Fsp3) is 0.625. The molecule has 0 radical (unpaired) electrons. The Morgan fingerprint density at radius 1 is 1.67 bits per heavy atom. The molecule has 1 fully saturated rings. The summed E-state index contributed by atoms with van der Waals surface area (Å²) < 4.78 is 1.95. The lowest BCUT2D eigenvalue weighted by molar-refractivity contribution is 0.574. The van der Waals surface area contributed by atoms with Gasteiger partial charge in [0.2, 0.25) is 0 Å². The van der Waals surface area contributed by atoms with Crippen LogP contribution in [0.15, 0.2) is 12.3 Å². The summed E-state index contributed by atoms with van der Waals surface area (Å²) in [7, 11) is 2.00. The van der Waals surface area contributed by atoms with Gasteiger partial charge in [-0.15, -0.1) is 12.4 Å². The van der Waals surface area contributed by atoms with Gasteiger partial charge >= 0.3 is 0 Å². The van der Waals surface area contributed by atoms with Crippen LogP contribution in [0, 0.1) is 0 Å². The average Bonchev–Trinajstić information content (AvgIpc) is 2.55. The molecule has 1 N–H and O–H groups in total. The summed E-state index contributed by atoms with van der Waals surface area (Å²) in [5.74, 6) is 0. The molecule has 1 aliphatic heterocycles. The molecular formula is C8H14ClN3. The van der Waals surface area contributed by atoms with Gasteiger partial charge in [-0.3, -0.25) is 4.68 Å². The minimum Gasteiger partial charge on any atom is -0.309 e. The lowest BCUT2D eigenvalue weighted by Gasteiger charge is -2.09. The maximum atomic E-state index is 4.14. The molecule has 3 nitrogen and oxygen atoms in total. The first kappa shape index (κ1) is 9.55. The summed E-state index contributed by atoms with van der Waals surface area (Å²) in [5.41, 5.74) is 1.31. The summed E-state index contributed by atoms with van der Waals surface area (Å²) in [6, 6.07) is 2.63. The van der Waals surface area contributed by atoms with Crippen LogP contribution in [0.5, 0.6) is 0 Å². The summed E-state index contributed by atoms with van der Waals surface area (Å²) in [4.78, 5) is 0. The summed E-state index contributed by atoms with van der Waals surface area (Å²) in [5, 5.41) is 7.58. The monoisotopic (exact) mass is 187 g/mol. The van der Waals surface area contributed by atoms with E-state index in [1.165, 1.54) is 18.5 Å². The molecule has 0 aliphatic carbocycles. The molecule has 1 aliphatic rings. The highest BCUT2D eigenvalue weighted by Crippen LogP contribution is 2.21.